The molecule has 0 atom stereocenters. The average Bonchev–Trinajstić information content (AvgIpc) is 2.81. The van der Waals surface area contributed by atoms with Gasteiger partial charge in [0.2, 0.25) is 0 Å². The van der Waals surface area contributed by atoms with E-state index in [9.17, 15) is 4.39 Å². The Hall–Kier alpha value is -1.89. The summed E-state index contributed by atoms with van der Waals surface area (Å²) in [6.45, 7) is 1.62. The van der Waals surface area contributed by atoms with Crippen LogP contribution in [-0.4, -0.2) is 0 Å². The minimum absolute atomic E-state index is 0.399. The van der Waals surface area contributed by atoms with Gasteiger partial charge >= 0.3 is 0 Å². The molecule has 0 radical (unpaired) electrons. The van der Waals surface area contributed by atoms with E-state index in [2.05, 4.69) is 36.4 Å². The predicted octanol–water partition coefficient (Wildman–Crippen LogP) is 4.45. The molecule has 90 valence electrons. The maximum atomic E-state index is 12.8. The lowest BCUT2D eigenvalue weighted by Crippen LogP contribution is -1.90. The van der Waals surface area contributed by atoms with Crippen LogP contribution >= 0.6 is 0 Å². The van der Waals surface area contributed by atoms with Crippen molar-refractivity contribution in [3.05, 3.63) is 76.4 Å². The Bertz CT molecular complexity index is 623. The van der Waals surface area contributed by atoms with Crippen molar-refractivity contribution in [3.8, 4) is 0 Å². The van der Waals surface area contributed by atoms with Gasteiger partial charge in [0.05, 0.1) is 0 Å². The summed E-state index contributed by atoms with van der Waals surface area (Å²) in [5.74, 6) is 0. The van der Waals surface area contributed by atoms with Crippen LogP contribution in [0.1, 0.15) is 27.8 Å². The van der Waals surface area contributed by atoms with Crippen LogP contribution in [0.3, 0.4) is 0 Å². The Balaban J connectivity index is 2.10. The van der Waals surface area contributed by atoms with Crippen LogP contribution in [0, 0.1) is 6.92 Å². The molecule has 0 unspecified atom stereocenters. The van der Waals surface area contributed by atoms with Gasteiger partial charge in [-0.1, -0.05) is 48.0 Å². The van der Waals surface area contributed by atoms with Gasteiger partial charge in [-0.05, 0) is 47.2 Å². The van der Waals surface area contributed by atoms with Gasteiger partial charge in [-0.2, -0.15) is 0 Å². The van der Waals surface area contributed by atoms with Crippen LogP contribution in [-0.2, 0) is 13.1 Å². The molecule has 0 saturated heterocycles. The van der Waals surface area contributed by atoms with Crippen LogP contribution in [0.25, 0.3) is 5.57 Å². The number of hydrogen-bond donors (Lipinski definition) is 0. The number of fused-ring (bicyclic) bond motifs is 1. The highest BCUT2D eigenvalue weighted by Crippen LogP contribution is 2.33. The molecule has 0 bridgehead atoms. The molecule has 0 aliphatic heterocycles. The van der Waals surface area contributed by atoms with E-state index in [1.165, 1.54) is 16.7 Å². The zero-order valence-electron chi connectivity index (χ0n) is 10.4. The van der Waals surface area contributed by atoms with Crippen molar-refractivity contribution in [1.29, 1.82) is 0 Å². The summed E-state index contributed by atoms with van der Waals surface area (Å²) in [5.41, 5.74) is 6.89. The second-order valence-corrected chi connectivity index (χ2v) is 4.82. The first-order valence-electron chi connectivity index (χ1n) is 6.23. The molecule has 0 heterocycles. The number of hydrogen-bond acceptors (Lipinski definition) is 0. The van der Waals surface area contributed by atoms with Crippen molar-refractivity contribution >= 4 is 5.57 Å². The molecular weight excluding hydrogens is 223 g/mol. The van der Waals surface area contributed by atoms with Crippen LogP contribution in [0.5, 0.6) is 0 Å². The summed E-state index contributed by atoms with van der Waals surface area (Å²) in [6, 6.07) is 14.4. The van der Waals surface area contributed by atoms with Crippen LogP contribution in [0.2, 0.25) is 0 Å². The Morgan fingerprint density at radius 3 is 2.78 bits per heavy atom. The van der Waals surface area contributed by atoms with E-state index >= 15 is 0 Å². The minimum Gasteiger partial charge on any atom is -0.246 e. The molecule has 0 amide bonds. The van der Waals surface area contributed by atoms with Crippen LogP contribution < -0.4 is 0 Å². The monoisotopic (exact) mass is 238 g/mol. The summed E-state index contributed by atoms with van der Waals surface area (Å²) in [5, 5.41) is 0. The molecule has 1 heteroatoms. The largest absolute Gasteiger partial charge is 0.246 e. The highest BCUT2D eigenvalue weighted by molar-refractivity contribution is 5.85. The molecule has 0 saturated carbocycles. The van der Waals surface area contributed by atoms with Crippen molar-refractivity contribution in [2.24, 2.45) is 0 Å². The predicted molar refractivity (Wildman–Crippen MR) is 73.2 cm³/mol. The third kappa shape index (κ3) is 1.86. The molecule has 0 nitrogen and oxygen atoms in total. The molecule has 1 aliphatic rings. The molecule has 0 fully saturated rings. The summed E-state index contributed by atoms with van der Waals surface area (Å²) in [6.07, 6.45) is 3.21. The molecule has 0 spiro atoms. The van der Waals surface area contributed by atoms with Crippen molar-refractivity contribution < 1.29 is 4.39 Å². The highest BCUT2D eigenvalue weighted by atomic mass is 19.1. The van der Waals surface area contributed by atoms with E-state index in [1.54, 1.807) is 0 Å². The zero-order valence-corrected chi connectivity index (χ0v) is 10.4. The first-order chi connectivity index (χ1) is 8.78. The molecule has 3 rings (SSSR count). The molecule has 2 aromatic carbocycles. The molecule has 2 aromatic rings. The highest BCUT2D eigenvalue weighted by Gasteiger charge is 2.15. The third-order valence-corrected chi connectivity index (χ3v) is 3.44. The Labute approximate surface area is 107 Å². The topological polar surface area (TPSA) is 0 Å². The molecule has 18 heavy (non-hydrogen) atoms. The van der Waals surface area contributed by atoms with Gasteiger partial charge in [-0.3, -0.25) is 0 Å². The quantitative estimate of drug-likeness (QED) is 0.725. The van der Waals surface area contributed by atoms with Gasteiger partial charge in [-0.25, -0.2) is 4.39 Å². The standard InChI is InChI=1S/C17H15F/c1-12-8-13(11-18)10-15(9-12)17-7-6-14-4-2-3-5-16(14)17/h2-5,7-10H,6,11H2,1H3. The number of benzene rings is 2. The Morgan fingerprint density at radius 2 is 1.94 bits per heavy atom. The second-order valence-electron chi connectivity index (χ2n) is 4.82. The van der Waals surface area contributed by atoms with Gasteiger partial charge in [0.15, 0.2) is 0 Å². The van der Waals surface area contributed by atoms with Gasteiger partial charge in [0, 0.05) is 0 Å². The SMILES string of the molecule is Cc1cc(CF)cc(C2=CCc3ccccc32)c1. The van der Waals surface area contributed by atoms with E-state index in [4.69, 9.17) is 0 Å². The number of halogens is 1. The van der Waals surface area contributed by atoms with Crippen molar-refractivity contribution in [2.45, 2.75) is 20.0 Å². The third-order valence-electron chi connectivity index (χ3n) is 3.44. The van der Waals surface area contributed by atoms with Gasteiger partial charge < -0.3 is 0 Å². The fraction of sp³-hybridized carbons (Fsp3) is 0.176. The van der Waals surface area contributed by atoms with Crippen molar-refractivity contribution in [1.82, 2.24) is 0 Å². The van der Waals surface area contributed by atoms with Gasteiger partial charge in [-0.15, -0.1) is 0 Å². The fourth-order valence-corrected chi connectivity index (χ4v) is 2.65. The van der Waals surface area contributed by atoms with E-state index in [1.807, 2.05) is 19.1 Å². The van der Waals surface area contributed by atoms with Crippen LogP contribution in [0.15, 0.2) is 48.5 Å². The number of rotatable bonds is 2. The molecule has 1 aliphatic carbocycles. The number of alkyl halides is 1. The van der Waals surface area contributed by atoms with Gasteiger partial charge in [0.25, 0.3) is 0 Å². The van der Waals surface area contributed by atoms with Crippen molar-refractivity contribution in [3.63, 3.8) is 0 Å². The lowest BCUT2D eigenvalue weighted by Gasteiger charge is -2.09. The average molecular weight is 238 g/mol. The Kier molecular flexibility index (Phi) is 2.75. The van der Waals surface area contributed by atoms with E-state index in [0.717, 1.165) is 23.1 Å². The number of aryl methyl sites for hydroxylation is 1. The van der Waals surface area contributed by atoms with Crippen molar-refractivity contribution in [2.75, 3.05) is 0 Å². The van der Waals surface area contributed by atoms with E-state index in [0.29, 0.717) is 0 Å². The smallest absolute Gasteiger partial charge is 0.115 e. The molecule has 0 aromatic heterocycles. The maximum absolute atomic E-state index is 12.8. The summed E-state index contributed by atoms with van der Waals surface area (Å²) in [7, 11) is 0. The van der Waals surface area contributed by atoms with E-state index in [-0.39, 0.29) is 0 Å². The molecular formula is C17H15F. The minimum atomic E-state index is -0.399. The Morgan fingerprint density at radius 1 is 1.11 bits per heavy atom. The fourth-order valence-electron chi connectivity index (χ4n) is 2.65. The normalized spacial score (nSPS) is 13.3. The summed E-state index contributed by atoms with van der Waals surface area (Å²) >= 11 is 0. The lowest BCUT2D eigenvalue weighted by atomic mass is 9.96. The lowest BCUT2D eigenvalue weighted by molar-refractivity contribution is 0.485. The zero-order chi connectivity index (χ0) is 12.5. The summed E-state index contributed by atoms with van der Waals surface area (Å²) < 4.78 is 12.8. The van der Waals surface area contributed by atoms with Crippen LogP contribution in [0.4, 0.5) is 4.39 Å². The first-order valence-corrected chi connectivity index (χ1v) is 6.23. The maximum Gasteiger partial charge on any atom is 0.115 e. The first kappa shape index (κ1) is 11.2. The molecule has 0 N–H and O–H groups in total. The van der Waals surface area contributed by atoms with Gasteiger partial charge in [0.1, 0.15) is 6.67 Å². The summed E-state index contributed by atoms with van der Waals surface area (Å²) in [4.78, 5) is 0. The van der Waals surface area contributed by atoms with E-state index < -0.39 is 6.67 Å². The second kappa shape index (κ2) is 4.41. The number of allylic oxidation sites excluding steroid dienone is 1.